The molecule has 2 heterocycles. The van der Waals surface area contributed by atoms with Crippen molar-refractivity contribution in [3.63, 3.8) is 0 Å². The molecule has 0 aromatic carbocycles. The predicted octanol–water partition coefficient (Wildman–Crippen LogP) is 2.41. The fourth-order valence-corrected chi connectivity index (χ4v) is 2.82. The normalized spacial score (nSPS) is 15.8. The molecule has 0 amide bonds. The van der Waals surface area contributed by atoms with Gasteiger partial charge in [0.25, 0.3) is 0 Å². The molecule has 0 saturated carbocycles. The summed E-state index contributed by atoms with van der Waals surface area (Å²) in [6.07, 6.45) is 6.87. The van der Waals surface area contributed by atoms with Crippen LogP contribution < -0.4 is 15.4 Å². The summed E-state index contributed by atoms with van der Waals surface area (Å²) in [5, 5.41) is 6.73. The van der Waals surface area contributed by atoms with Gasteiger partial charge in [-0.3, -0.25) is 0 Å². The molecule has 6 nitrogen and oxygen atoms in total. The predicted molar refractivity (Wildman–Crippen MR) is 103 cm³/mol. The van der Waals surface area contributed by atoms with E-state index in [1.807, 2.05) is 18.3 Å². The summed E-state index contributed by atoms with van der Waals surface area (Å²) in [7, 11) is 0. The molecule has 140 valence electrons. The molecule has 2 rings (SSSR count). The second kappa shape index (κ2) is 11.7. The fraction of sp³-hybridized carbons (Fsp3) is 0.684. The highest BCUT2D eigenvalue weighted by atomic mass is 16.5. The molecule has 0 unspecified atom stereocenters. The van der Waals surface area contributed by atoms with E-state index in [0.29, 0.717) is 19.0 Å². The maximum absolute atomic E-state index is 5.51. The fourth-order valence-electron chi connectivity index (χ4n) is 2.82. The lowest BCUT2D eigenvalue weighted by molar-refractivity contribution is 0.232. The van der Waals surface area contributed by atoms with Gasteiger partial charge in [-0.1, -0.05) is 19.4 Å². The van der Waals surface area contributed by atoms with E-state index in [0.717, 1.165) is 37.6 Å². The second-order valence-electron chi connectivity index (χ2n) is 6.38. The van der Waals surface area contributed by atoms with Crippen molar-refractivity contribution in [1.82, 2.24) is 20.5 Å². The zero-order chi connectivity index (χ0) is 17.7. The summed E-state index contributed by atoms with van der Waals surface area (Å²) in [6.45, 7) is 10.8. The lowest BCUT2D eigenvalue weighted by atomic mass is 10.1. The first-order valence-electron chi connectivity index (χ1n) is 9.64. The van der Waals surface area contributed by atoms with Crippen molar-refractivity contribution in [3.8, 4) is 5.88 Å². The number of nitrogens with one attached hydrogen (secondary N) is 2. The van der Waals surface area contributed by atoms with Gasteiger partial charge in [-0.2, -0.15) is 0 Å². The number of nitrogens with zero attached hydrogens (tertiary/aromatic N) is 3. The molecule has 0 radical (unpaired) electrons. The topological polar surface area (TPSA) is 61.8 Å². The van der Waals surface area contributed by atoms with Crippen LogP contribution in [0, 0.1) is 0 Å². The summed E-state index contributed by atoms with van der Waals surface area (Å²) in [4.78, 5) is 11.5. The zero-order valence-electron chi connectivity index (χ0n) is 15.8. The van der Waals surface area contributed by atoms with Crippen LogP contribution in [0.2, 0.25) is 0 Å². The van der Waals surface area contributed by atoms with Gasteiger partial charge in [-0.15, -0.1) is 0 Å². The minimum atomic E-state index is 0.611. The van der Waals surface area contributed by atoms with Gasteiger partial charge in [0.2, 0.25) is 5.88 Å². The second-order valence-corrected chi connectivity index (χ2v) is 6.38. The molecule has 1 aliphatic rings. The van der Waals surface area contributed by atoms with E-state index in [9.17, 15) is 0 Å². The Morgan fingerprint density at radius 3 is 2.72 bits per heavy atom. The summed E-state index contributed by atoms with van der Waals surface area (Å²) < 4.78 is 5.51. The molecule has 0 aliphatic carbocycles. The van der Waals surface area contributed by atoms with Crippen LogP contribution in [-0.4, -0.2) is 55.2 Å². The molecule has 6 heteroatoms. The lowest BCUT2D eigenvalue weighted by Gasteiger charge is -2.26. The zero-order valence-corrected chi connectivity index (χ0v) is 15.8. The third-order valence-electron chi connectivity index (χ3n) is 4.18. The van der Waals surface area contributed by atoms with Crippen molar-refractivity contribution in [2.45, 2.75) is 46.1 Å². The molecule has 0 bridgehead atoms. The Hall–Kier alpha value is -1.82. The van der Waals surface area contributed by atoms with Crippen LogP contribution in [0.4, 0.5) is 0 Å². The van der Waals surface area contributed by atoms with E-state index < -0.39 is 0 Å². The Labute approximate surface area is 152 Å². The van der Waals surface area contributed by atoms with Gasteiger partial charge in [0.05, 0.1) is 13.2 Å². The molecule has 1 saturated heterocycles. The van der Waals surface area contributed by atoms with E-state index in [1.54, 1.807) is 0 Å². The highest BCUT2D eigenvalue weighted by Gasteiger charge is 2.09. The van der Waals surface area contributed by atoms with Crippen LogP contribution in [0.3, 0.4) is 0 Å². The molecule has 1 aromatic heterocycles. The van der Waals surface area contributed by atoms with Crippen LogP contribution in [-0.2, 0) is 6.54 Å². The van der Waals surface area contributed by atoms with Crippen molar-refractivity contribution in [2.75, 3.05) is 39.3 Å². The average molecular weight is 348 g/mol. The van der Waals surface area contributed by atoms with Gasteiger partial charge in [0, 0.05) is 31.9 Å². The van der Waals surface area contributed by atoms with Gasteiger partial charge in [-0.05, 0) is 44.8 Å². The van der Waals surface area contributed by atoms with Gasteiger partial charge in [0.1, 0.15) is 0 Å². The molecule has 1 fully saturated rings. The van der Waals surface area contributed by atoms with Crippen molar-refractivity contribution in [2.24, 2.45) is 4.99 Å². The largest absolute Gasteiger partial charge is 0.478 e. The summed E-state index contributed by atoms with van der Waals surface area (Å²) in [5.41, 5.74) is 1.08. The summed E-state index contributed by atoms with van der Waals surface area (Å²) in [6, 6.07) is 3.94. The van der Waals surface area contributed by atoms with Crippen molar-refractivity contribution in [1.29, 1.82) is 0 Å². The molecular weight excluding hydrogens is 314 g/mol. The maximum Gasteiger partial charge on any atom is 0.213 e. The molecule has 1 aliphatic heterocycles. The van der Waals surface area contributed by atoms with Gasteiger partial charge < -0.3 is 20.3 Å². The van der Waals surface area contributed by atoms with Crippen molar-refractivity contribution < 1.29 is 4.74 Å². The number of aliphatic imine (C=N–C) groups is 1. The van der Waals surface area contributed by atoms with E-state index >= 15 is 0 Å². The van der Waals surface area contributed by atoms with E-state index in [4.69, 9.17) is 4.74 Å². The smallest absolute Gasteiger partial charge is 0.213 e. The molecule has 1 aromatic rings. The van der Waals surface area contributed by atoms with E-state index in [2.05, 4.69) is 39.4 Å². The standard InChI is InChI=1S/C19H33N5O/c1-3-14-25-18-9-8-17(15-22-18)16-23-19(20-4-2)21-10-13-24-11-6-5-7-12-24/h8-9,15H,3-7,10-14,16H2,1-2H3,(H2,20,21,23). The number of aromatic nitrogens is 1. The number of rotatable bonds is 9. The first-order valence-corrected chi connectivity index (χ1v) is 9.64. The Bertz CT molecular complexity index is 497. The molecular formula is C19H33N5O. The third-order valence-corrected chi connectivity index (χ3v) is 4.18. The number of piperidine rings is 1. The van der Waals surface area contributed by atoms with Crippen LogP contribution in [0.15, 0.2) is 23.3 Å². The van der Waals surface area contributed by atoms with Crippen molar-refractivity contribution >= 4 is 5.96 Å². The van der Waals surface area contributed by atoms with Gasteiger partial charge >= 0.3 is 0 Å². The van der Waals surface area contributed by atoms with Crippen LogP contribution >= 0.6 is 0 Å². The summed E-state index contributed by atoms with van der Waals surface area (Å²) in [5.74, 6) is 1.55. The monoisotopic (exact) mass is 347 g/mol. The first kappa shape index (κ1) is 19.5. The van der Waals surface area contributed by atoms with E-state index in [1.165, 1.54) is 32.4 Å². The molecule has 0 spiro atoms. The van der Waals surface area contributed by atoms with Crippen molar-refractivity contribution in [3.05, 3.63) is 23.9 Å². The van der Waals surface area contributed by atoms with Gasteiger partial charge in [0.15, 0.2) is 5.96 Å². The highest BCUT2D eigenvalue weighted by molar-refractivity contribution is 5.79. The molecule has 25 heavy (non-hydrogen) atoms. The first-order chi connectivity index (χ1) is 12.3. The van der Waals surface area contributed by atoms with Crippen LogP contribution in [0.1, 0.15) is 45.1 Å². The Balaban J connectivity index is 1.77. The number of ether oxygens (including phenoxy) is 1. The SMILES string of the molecule is CCCOc1ccc(CN=C(NCC)NCCN2CCCCC2)cn1. The lowest BCUT2D eigenvalue weighted by Crippen LogP contribution is -2.42. The van der Waals surface area contributed by atoms with Crippen LogP contribution in [0.25, 0.3) is 0 Å². The summed E-state index contributed by atoms with van der Waals surface area (Å²) >= 11 is 0. The molecule has 0 atom stereocenters. The Morgan fingerprint density at radius 1 is 1.20 bits per heavy atom. The Kier molecular flexibility index (Phi) is 9.12. The third kappa shape index (κ3) is 7.73. The highest BCUT2D eigenvalue weighted by Crippen LogP contribution is 2.09. The van der Waals surface area contributed by atoms with E-state index in [-0.39, 0.29) is 0 Å². The number of hydrogen-bond acceptors (Lipinski definition) is 4. The minimum Gasteiger partial charge on any atom is -0.478 e. The Morgan fingerprint density at radius 2 is 2.04 bits per heavy atom. The minimum absolute atomic E-state index is 0.611. The number of pyridine rings is 1. The van der Waals surface area contributed by atoms with Gasteiger partial charge in [-0.25, -0.2) is 9.98 Å². The number of likely N-dealkylation sites (tertiary alicyclic amines) is 1. The molecule has 2 N–H and O–H groups in total. The quantitative estimate of drug-likeness (QED) is 0.531. The maximum atomic E-state index is 5.51. The number of hydrogen-bond donors (Lipinski definition) is 2. The number of guanidine groups is 1. The van der Waals surface area contributed by atoms with Crippen LogP contribution in [0.5, 0.6) is 5.88 Å². The average Bonchev–Trinajstić information content (AvgIpc) is 2.66.